The molecule has 0 aromatic heterocycles. The molecule has 0 aliphatic rings. The highest BCUT2D eigenvalue weighted by Gasteiger charge is 2.10. The first-order valence-corrected chi connectivity index (χ1v) is 7.23. The van der Waals surface area contributed by atoms with Crippen molar-refractivity contribution in [2.45, 2.75) is 19.4 Å². The van der Waals surface area contributed by atoms with E-state index in [9.17, 15) is 9.18 Å². The molecule has 0 heterocycles. The number of ether oxygens (including phenoxy) is 1. The van der Waals surface area contributed by atoms with Gasteiger partial charge in [-0.1, -0.05) is 18.2 Å². The van der Waals surface area contributed by atoms with Crippen LogP contribution < -0.4 is 10.1 Å². The minimum absolute atomic E-state index is 0.219. The van der Waals surface area contributed by atoms with Gasteiger partial charge in [0.25, 0.3) is 5.91 Å². The molecule has 0 radical (unpaired) electrons. The summed E-state index contributed by atoms with van der Waals surface area (Å²) in [6.45, 7) is 2.04. The molecule has 0 spiro atoms. The number of halogens is 1. The van der Waals surface area contributed by atoms with Crippen molar-refractivity contribution in [3.63, 3.8) is 0 Å². The first kappa shape index (κ1) is 16.5. The quantitative estimate of drug-likeness (QED) is 0.891. The summed E-state index contributed by atoms with van der Waals surface area (Å²) in [5, 5.41) is 11.4. The normalized spacial score (nSPS) is 11.3. The second-order valence-electron chi connectivity index (χ2n) is 5.17. The summed E-state index contributed by atoms with van der Waals surface area (Å²) in [5.74, 6) is -0.160. The molecule has 2 aromatic carbocycles. The van der Waals surface area contributed by atoms with Gasteiger partial charge in [0.15, 0.2) is 0 Å². The second-order valence-corrected chi connectivity index (χ2v) is 5.17. The summed E-state index contributed by atoms with van der Waals surface area (Å²) in [6, 6.07) is 14.6. The van der Waals surface area contributed by atoms with E-state index in [-0.39, 0.29) is 24.4 Å². The van der Waals surface area contributed by atoms with Gasteiger partial charge in [-0.3, -0.25) is 4.79 Å². The number of nitrogens with one attached hydrogen (secondary N) is 1. The van der Waals surface area contributed by atoms with Crippen LogP contribution in [0, 0.1) is 17.1 Å². The van der Waals surface area contributed by atoms with Gasteiger partial charge in [0, 0.05) is 11.6 Å². The molecule has 0 aliphatic carbocycles. The highest BCUT2D eigenvalue weighted by Crippen LogP contribution is 2.12. The molecule has 1 atom stereocenters. The van der Waals surface area contributed by atoms with E-state index in [2.05, 4.69) is 11.4 Å². The van der Waals surface area contributed by atoms with Gasteiger partial charge >= 0.3 is 0 Å². The number of nitriles is 1. The lowest BCUT2D eigenvalue weighted by Crippen LogP contribution is -2.36. The highest BCUT2D eigenvalue weighted by atomic mass is 19.1. The molecule has 1 amide bonds. The summed E-state index contributed by atoms with van der Waals surface area (Å²) in [6.07, 6.45) is 0.319. The number of carbonyl (C=O) groups is 1. The lowest BCUT2D eigenvalue weighted by molar-refractivity contribution is 0.0926. The van der Waals surface area contributed by atoms with E-state index in [1.54, 1.807) is 43.3 Å². The highest BCUT2D eigenvalue weighted by molar-refractivity contribution is 5.94. The SMILES string of the molecule is CC(COc1cccc(F)c1)NC(=O)c1ccc(CC#N)cc1. The predicted octanol–water partition coefficient (Wildman–Crippen LogP) is 3.09. The van der Waals surface area contributed by atoms with Crippen LogP contribution in [0.4, 0.5) is 4.39 Å². The van der Waals surface area contributed by atoms with Gasteiger partial charge in [-0.05, 0) is 36.8 Å². The molecule has 2 aromatic rings. The van der Waals surface area contributed by atoms with Crippen molar-refractivity contribution in [1.82, 2.24) is 5.32 Å². The number of amides is 1. The Hall–Kier alpha value is -2.87. The van der Waals surface area contributed by atoms with Crippen LogP contribution in [0.15, 0.2) is 48.5 Å². The number of hydrogen-bond donors (Lipinski definition) is 1. The van der Waals surface area contributed by atoms with Gasteiger partial charge < -0.3 is 10.1 Å². The summed E-state index contributed by atoms with van der Waals surface area (Å²) in [4.78, 5) is 12.1. The molecule has 0 saturated carbocycles. The van der Waals surface area contributed by atoms with Crippen molar-refractivity contribution in [1.29, 1.82) is 5.26 Å². The Labute approximate surface area is 134 Å². The Kier molecular flexibility index (Phi) is 5.70. The molecule has 2 rings (SSSR count). The van der Waals surface area contributed by atoms with E-state index in [0.29, 0.717) is 17.7 Å². The number of rotatable bonds is 6. The number of benzene rings is 2. The molecular formula is C18H17FN2O2. The van der Waals surface area contributed by atoms with Crippen LogP contribution >= 0.6 is 0 Å². The third kappa shape index (κ3) is 5.11. The Balaban J connectivity index is 1.85. The molecule has 0 saturated heterocycles. The van der Waals surface area contributed by atoms with Crippen LogP contribution in [0.25, 0.3) is 0 Å². The zero-order valence-electron chi connectivity index (χ0n) is 12.8. The average molecular weight is 312 g/mol. The van der Waals surface area contributed by atoms with Crippen LogP contribution in [0.5, 0.6) is 5.75 Å². The first-order chi connectivity index (χ1) is 11.1. The Morgan fingerprint density at radius 3 is 2.70 bits per heavy atom. The minimum Gasteiger partial charge on any atom is -0.491 e. The zero-order chi connectivity index (χ0) is 16.7. The molecule has 0 aliphatic heterocycles. The third-order valence-corrected chi connectivity index (χ3v) is 3.17. The summed E-state index contributed by atoms with van der Waals surface area (Å²) < 4.78 is 18.5. The molecule has 0 fully saturated rings. The summed E-state index contributed by atoms with van der Waals surface area (Å²) in [7, 11) is 0. The van der Waals surface area contributed by atoms with Crippen LogP contribution in [-0.4, -0.2) is 18.6 Å². The lowest BCUT2D eigenvalue weighted by atomic mass is 10.1. The van der Waals surface area contributed by atoms with E-state index in [1.165, 1.54) is 12.1 Å². The van der Waals surface area contributed by atoms with E-state index in [0.717, 1.165) is 5.56 Å². The van der Waals surface area contributed by atoms with E-state index in [4.69, 9.17) is 10.00 Å². The van der Waals surface area contributed by atoms with E-state index >= 15 is 0 Å². The maximum absolute atomic E-state index is 13.0. The Morgan fingerprint density at radius 2 is 2.04 bits per heavy atom. The van der Waals surface area contributed by atoms with Crippen LogP contribution in [0.2, 0.25) is 0 Å². The van der Waals surface area contributed by atoms with Gasteiger partial charge in [-0.25, -0.2) is 4.39 Å². The number of carbonyl (C=O) groups excluding carboxylic acids is 1. The fourth-order valence-corrected chi connectivity index (χ4v) is 1.99. The van der Waals surface area contributed by atoms with Gasteiger partial charge in [0.2, 0.25) is 0 Å². The largest absolute Gasteiger partial charge is 0.491 e. The van der Waals surface area contributed by atoms with Crippen molar-refractivity contribution in [3.8, 4) is 11.8 Å². The molecule has 0 bridgehead atoms. The standard InChI is InChI=1S/C18H17FN2O2/c1-13(12-23-17-4-2-3-16(19)11-17)21-18(22)15-7-5-14(6-8-15)9-10-20/h2-8,11,13H,9,12H2,1H3,(H,21,22). The third-order valence-electron chi connectivity index (χ3n) is 3.17. The molecule has 1 unspecified atom stereocenters. The number of nitrogens with zero attached hydrogens (tertiary/aromatic N) is 1. The molecule has 4 nitrogen and oxygen atoms in total. The fourth-order valence-electron chi connectivity index (χ4n) is 1.99. The molecule has 1 N–H and O–H groups in total. The Bertz CT molecular complexity index is 708. The second kappa shape index (κ2) is 7.95. The van der Waals surface area contributed by atoms with Crippen molar-refractivity contribution in [2.75, 3.05) is 6.61 Å². The maximum atomic E-state index is 13.0. The summed E-state index contributed by atoms with van der Waals surface area (Å²) >= 11 is 0. The van der Waals surface area contributed by atoms with Crippen molar-refractivity contribution < 1.29 is 13.9 Å². The van der Waals surface area contributed by atoms with Gasteiger partial charge in [0.1, 0.15) is 18.2 Å². The lowest BCUT2D eigenvalue weighted by Gasteiger charge is -2.15. The fraction of sp³-hybridized carbons (Fsp3) is 0.222. The monoisotopic (exact) mass is 312 g/mol. The maximum Gasteiger partial charge on any atom is 0.251 e. The average Bonchev–Trinajstić information content (AvgIpc) is 2.54. The van der Waals surface area contributed by atoms with Crippen molar-refractivity contribution in [3.05, 3.63) is 65.5 Å². The van der Waals surface area contributed by atoms with E-state index < -0.39 is 0 Å². The summed E-state index contributed by atoms with van der Waals surface area (Å²) in [5.41, 5.74) is 1.39. The van der Waals surface area contributed by atoms with Crippen LogP contribution in [0.3, 0.4) is 0 Å². The molecular weight excluding hydrogens is 295 g/mol. The van der Waals surface area contributed by atoms with Gasteiger partial charge in [-0.15, -0.1) is 0 Å². The molecule has 118 valence electrons. The number of hydrogen-bond acceptors (Lipinski definition) is 3. The van der Waals surface area contributed by atoms with E-state index in [1.807, 2.05) is 0 Å². The minimum atomic E-state index is -0.364. The zero-order valence-corrected chi connectivity index (χ0v) is 12.8. The van der Waals surface area contributed by atoms with Crippen molar-refractivity contribution >= 4 is 5.91 Å². The van der Waals surface area contributed by atoms with Crippen molar-refractivity contribution in [2.24, 2.45) is 0 Å². The smallest absolute Gasteiger partial charge is 0.251 e. The van der Waals surface area contributed by atoms with Gasteiger partial charge in [0.05, 0.1) is 18.5 Å². The first-order valence-electron chi connectivity index (χ1n) is 7.23. The molecule has 23 heavy (non-hydrogen) atoms. The Morgan fingerprint density at radius 1 is 1.30 bits per heavy atom. The van der Waals surface area contributed by atoms with Crippen LogP contribution in [-0.2, 0) is 6.42 Å². The molecule has 5 heteroatoms. The predicted molar refractivity (Wildman–Crippen MR) is 84.6 cm³/mol. The van der Waals surface area contributed by atoms with Crippen LogP contribution in [0.1, 0.15) is 22.8 Å². The topological polar surface area (TPSA) is 62.1 Å². The van der Waals surface area contributed by atoms with Gasteiger partial charge in [-0.2, -0.15) is 5.26 Å².